The van der Waals surface area contributed by atoms with E-state index in [0.29, 0.717) is 0 Å². The van der Waals surface area contributed by atoms with E-state index in [4.69, 9.17) is 0 Å². The molecule has 0 aromatic rings. The summed E-state index contributed by atoms with van der Waals surface area (Å²) < 4.78 is 0. The van der Waals surface area contributed by atoms with Gasteiger partial charge >= 0.3 is 0 Å². The van der Waals surface area contributed by atoms with Crippen LogP contribution in [0.1, 0.15) is 52.4 Å². The lowest BCUT2D eigenvalue weighted by Crippen LogP contribution is -2.00. The van der Waals surface area contributed by atoms with E-state index in [1.807, 2.05) is 0 Å². The Morgan fingerprint density at radius 1 is 1.45 bits per heavy atom. The first-order chi connectivity index (χ1) is 5.33. The standard InChI is InChI=1S/C11H20/c1-3-11-8-4-6-10(2)7-5-9-11/h6,11H,3-5,7-9H2,1-2H3. The Morgan fingerprint density at radius 3 is 3.00 bits per heavy atom. The molecule has 1 atom stereocenters. The molecule has 64 valence electrons. The van der Waals surface area contributed by atoms with Gasteiger partial charge < -0.3 is 0 Å². The summed E-state index contributed by atoms with van der Waals surface area (Å²) in [5.41, 5.74) is 1.61. The molecule has 0 spiro atoms. The molecule has 0 bridgehead atoms. The van der Waals surface area contributed by atoms with Crippen molar-refractivity contribution in [3.05, 3.63) is 11.6 Å². The zero-order chi connectivity index (χ0) is 8.10. The quantitative estimate of drug-likeness (QED) is 0.499. The van der Waals surface area contributed by atoms with E-state index >= 15 is 0 Å². The van der Waals surface area contributed by atoms with Crippen molar-refractivity contribution in [3.63, 3.8) is 0 Å². The number of hydrogen-bond donors (Lipinski definition) is 0. The van der Waals surface area contributed by atoms with Crippen molar-refractivity contribution in [1.82, 2.24) is 0 Å². The molecule has 11 heavy (non-hydrogen) atoms. The van der Waals surface area contributed by atoms with Gasteiger partial charge in [-0.1, -0.05) is 31.4 Å². The maximum absolute atomic E-state index is 2.43. The van der Waals surface area contributed by atoms with Crippen molar-refractivity contribution >= 4 is 0 Å². The Labute approximate surface area is 70.7 Å². The van der Waals surface area contributed by atoms with Crippen LogP contribution in [0, 0.1) is 5.92 Å². The average Bonchev–Trinajstić information content (AvgIpc) is 1.96. The van der Waals surface area contributed by atoms with Gasteiger partial charge in [-0.15, -0.1) is 0 Å². The first kappa shape index (κ1) is 8.83. The number of allylic oxidation sites excluding steroid dienone is 2. The molecule has 0 saturated heterocycles. The smallest absolute Gasteiger partial charge is 0.0323 e. The molecule has 0 radical (unpaired) electrons. The molecular weight excluding hydrogens is 132 g/mol. The van der Waals surface area contributed by atoms with E-state index in [2.05, 4.69) is 19.9 Å². The van der Waals surface area contributed by atoms with Gasteiger partial charge in [0.25, 0.3) is 0 Å². The minimum atomic E-state index is 1.01. The number of rotatable bonds is 1. The monoisotopic (exact) mass is 152 g/mol. The molecule has 0 heteroatoms. The Morgan fingerprint density at radius 2 is 2.27 bits per heavy atom. The highest BCUT2D eigenvalue weighted by Crippen LogP contribution is 2.23. The van der Waals surface area contributed by atoms with Crippen LogP contribution in [-0.2, 0) is 0 Å². The van der Waals surface area contributed by atoms with Gasteiger partial charge in [-0.2, -0.15) is 0 Å². The van der Waals surface area contributed by atoms with Crippen LogP contribution in [0.15, 0.2) is 11.6 Å². The first-order valence-corrected chi connectivity index (χ1v) is 4.98. The van der Waals surface area contributed by atoms with E-state index in [-0.39, 0.29) is 0 Å². The van der Waals surface area contributed by atoms with Crippen LogP contribution in [0.3, 0.4) is 0 Å². The van der Waals surface area contributed by atoms with E-state index < -0.39 is 0 Å². The minimum absolute atomic E-state index is 1.01. The van der Waals surface area contributed by atoms with Crippen LogP contribution < -0.4 is 0 Å². The van der Waals surface area contributed by atoms with Gasteiger partial charge in [0.15, 0.2) is 0 Å². The zero-order valence-electron chi connectivity index (χ0n) is 7.90. The van der Waals surface area contributed by atoms with Crippen molar-refractivity contribution in [2.45, 2.75) is 52.4 Å². The second-order valence-corrected chi connectivity index (χ2v) is 3.79. The van der Waals surface area contributed by atoms with Crippen molar-refractivity contribution in [3.8, 4) is 0 Å². The highest BCUT2D eigenvalue weighted by atomic mass is 14.1. The third-order valence-electron chi connectivity index (χ3n) is 2.83. The van der Waals surface area contributed by atoms with Gasteiger partial charge in [-0.25, -0.2) is 0 Å². The molecule has 0 nitrogen and oxygen atoms in total. The molecule has 0 aromatic heterocycles. The normalized spacial score (nSPS) is 27.1. The second-order valence-electron chi connectivity index (χ2n) is 3.79. The second kappa shape index (κ2) is 4.58. The Hall–Kier alpha value is -0.260. The molecule has 1 aliphatic rings. The molecule has 0 amide bonds. The van der Waals surface area contributed by atoms with Crippen LogP contribution in [0.4, 0.5) is 0 Å². The summed E-state index contributed by atoms with van der Waals surface area (Å²) in [5, 5.41) is 0. The van der Waals surface area contributed by atoms with Crippen molar-refractivity contribution in [2.75, 3.05) is 0 Å². The van der Waals surface area contributed by atoms with Crippen LogP contribution in [0.25, 0.3) is 0 Å². The highest BCUT2D eigenvalue weighted by Gasteiger charge is 2.07. The zero-order valence-corrected chi connectivity index (χ0v) is 7.90. The minimum Gasteiger partial charge on any atom is -0.0856 e. The lowest BCUT2D eigenvalue weighted by molar-refractivity contribution is 0.419. The topological polar surface area (TPSA) is 0 Å². The molecule has 1 aliphatic carbocycles. The van der Waals surface area contributed by atoms with Crippen molar-refractivity contribution in [2.24, 2.45) is 5.92 Å². The number of hydrogen-bond acceptors (Lipinski definition) is 0. The van der Waals surface area contributed by atoms with E-state index in [1.165, 1.54) is 38.5 Å². The van der Waals surface area contributed by atoms with E-state index in [1.54, 1.807) is 5.57 Å². The van der Waals surface area contributed by atoms with E-state index in [9.17, 15) is 0 Å². The third-order valence-corrected chi connectivity index (χ3v) is 2.83. The van der Waals surface area contributed by atoms with Gasteiger partial charge in [-0.05, 0) is 38.5 Å². The summed E-state index contributed by atoms with van der Waals surface area (Å²) in [6.07, 6.45) is 10.8. The lowest BCUT2D eigenvalue weighted by atomic mass is 9.90. The molecule has 0 saturated carbocycles. The molecule has 0 N–H and O–H groups in total. The predicted octanol–water partition coefficient (Wildman–Crippen LogP) is 3.92. The fourth-order valence-corrected chi connectivity index (χ4v) is 1.89. The fourth-order valence-electron chi connectivity index (χ4n) is 1.89. The molecule has 0 aromatic carbocycles. The maximum atomic E-state index is 2.43. The van der Waals surface area contributed by atoms with Gasteiger partial charge in [0, 0.05) is 0 Å². The fraction of sp³-hybridized carbons (Fsp3) is 0.818. The summed E-state index contributed by atoms with van der Waals surface area (Å²) >= 11 is 0. The largest absolute Gasteiger partial charge is 0.0856 e. The van der Waals surface area contributed by atoms with Crippen LogP contribution in [0.5, 0.6) is 0 Å². The van der Waals surface area contributed by atoms with Gasteiger partial charge in [-0.3, -0.25) is 0 Å². The van der Waals surface area contributed by atoms with Gasteiger partial charge in [0.05, 0.1) is 0 Å². The summed E-state index contributed by atoms with van der Waals surface area (Å²) in [5.74, 6) is 1.01. The molecule has 1 unspecified atom stereocenters. The van der Waals surface area contributed by atoms with Gasteiger partial charge in [0.2, 0.25) is 0 Å². The first-order valence-electron chi connectivity index (χ1n) is 4.98. The predicted molar refractivity (Wildman–Crippen MR) is 50.6 cm³/mol. The molecule has 0 heterocycles. The molecule has 0 fully saturated rings. The lowest BCUT2D eigenvalue weighted by Gasteiger charge is -2.16. The Balaban J connectivity index is 2.37. The summed E-state index contributed by atoms with van der Waals surface area (Å²) in [6.45, 7) is 4.59. The van der Waals surface area contributed by atoms with Crippen LogP contribution in [0.2, 0.25) is 0 Å². The highest BCUT2D eigenvalue weighted by molar-refractivity contribution is 4.98. The van der Waals surface area contributed by atoms with Crippen molar-refractivity contribution in [1.29, 1.82) is 0 Å². The Kier molecular flexibility index (Phi) is 3.68. The molecular formula is C11H20. The summed E-state index contributed by atoms with van der Waals surface area (Å²) in [7, 11) is 0. The average molecular weight is 152 g/mol. The third kappa shape index (κ3) is 3.09. The van der Waals surface area contributed by atoms with Crippen LogP contribution >= 0.6 is 0 Å². The van der Waals surface area contributed by atoms with Gasteiger partial charge in [0.1, 0.15) is 0 Å². The van der Waals surface area contributed by atoms with E-state index in [0.717, 1.165) is 5.92 Å². The summed E-state index contributed by atoms with van der Waals surface area (Å²) in [4.78, 5) is 0. The SMILES string of the molecule is CCC1CCC=C(C)CCC1. The van der Waals surface area contributed by atoms with Crippen molar-refractivity contribution < 1.29 is 0 Å². The molecule has 0 aliphatic heterocycles. The Bertz CT molecular complexity index is 133. The maximum Gasteiger partial charge on any atom is -0.0323 e. The summed E-state index contributed by atoms with van der Waals surface area (Å²) in [6, 6.07) is 0. The molecule has 1 rings (SSSR count). The van der Waals surface area contributed by atoms with Crippen LogP contribution in [-0.4, -0.2) is 0 Å².